The molecular formula is C12H16ClN3O2S. The number of hydrogen-bond donors (Lipinski definition) is 0. The van der Waals surface area contributed by atoms with Crippen LogP contribution in [0.2, 0.25) is 0 Å². The van der Waals surface area contributed by atoms with E-state index in [0.717, 1.165) is 11.3 Å². The number of aromatic nitrogens is 3. The van der Waals surface area contributed by atoms with E-state index in [9.17, 15) is 4.21 Å². The molecule has 2 aromatic rings. The smallest absolute Gasteiger partial charge is 0.215 e. The lowest BCUT2D eigenvalue weighted by atomic mass is 10.4. The number of methoxy groups -OCH3 is 1. The second-order valence-corrected chi connectivity index (χ2v) is 6.35. The van der Waals surface area contributed by atoms with Crippen LogP contribution in [0.5, 0.6) is 5.88 Å². The van der Waals surface area contributed by atoms with Gasteiger partial charge in [-0.15, -0.1) is 11.6 Å². The molecule has 0 aliphatic rings. The number of pyridine rings is 1. The number of alkyl halides is 1. The number of nitrogens with zero attached hydrogens (tertiary/aromatic N) is 3. The van der Waals surface area contributed by atoms with Crippen molar-refractivity contribution >= 4 is 33.6 Å². The third kappa shape index (κ3) is 2.90. The minimum absolute atomic E-state index is 0.00682. The van der Waals surface area contributed by atoms with Gasteiger partial charge in [-0.2, -0.15) is 4.98 Å². The first-order valence-corrected chi connectivity index (χ1v) is 8.00. The number of rotatable bonds is 5. The number of halogens is 1. The zero-order valence-corrected chi connectivity index (χ0v) is 12.7. The van der Waals surface area contributed by atoms with Crippen LogP contribution in [0.15, 0.2) is 12.1 Å². The van der Waals surface area contributed by atoms with E-state index in [2.05, 4.69) is 9.97 Å². The van der Waals surface area contributed by atoms with Gasteiger partial charge in [0.15, 0.2) is 5.65 Å². The predicted octanol–water partition coefficient (Wildman–Crippen LogP) is 1.95. The fourth-order valence-electron chi connectivity index (χ4n) is 1.80. The molecule has 0 aliphatic heterocycles. The molecule has 104 valence electrons. The Kier molecular flexibility index (Phi) is 4.42. The molecule has 0 amide bonds. The van der Waals surface area contributed by atoms with Crippen molar-refractivity contribution in [3.63, 3.8) is 0 Å². The summed E-state index contributed by atoms with van der Waals surface area (Å²) in [6.45, 7) is 2.50. The van der Waals surface area contributed by atoms with E-state index in [4.69, 9.17) is 16.3 Å². The molecule has 0 aromatic carbocycles. The van der Waals surface area contributed by atoms with Crippen LogP contribution in [0.4, 0.5) is 0 Å². The minimum Gasteiger partial charge on any atom is -0.481 e. The Labute approximate surface area is 119 Å². The van der Waals surface area contributed by atoms with Crippen LogP contribution in [0.25, 0.3) is 11.2 Å². The Morgan fingerprint density at radius 3 is 2.79 bits per heavy atom. The molecular weight excluding hydrogens is 286 g/mol. The molecule has 2 atom stereocenters. The molecule has 0 bridgehead atoms. The van der Waals surface area contributed by atoms with Gasteiger partial charge in [0.2, 0.25) is 5.88 Å². The van der Waals surface area contributed by atoms with Crippen molar-refractivity contribution < 1.29 is 8.95 Å². The van der Waals surface area contributed by atoms with Crippen LogP contribution in [-0.4, -0.2) is 37.4 Å². The van der Waals surface area contributed by atoms with Crippen molar-refractivity contribution in [3.8, 4) is 5.88 Å². The molecule has 0 aliphatic carbocycles. The van der Waals surface area contributed by atoms with Gasteiger partial charge in [0, 0.05) is 34.9 Å². The van der Waals surface area contributed by atoms with E-state index in [1.807, 2.05) is 17.6 Å². The maximum absolute atomic E-state index is 11.5. The number of imidazole rings is 1. The first kappa shape index (κ1) is 14.3. The molecule has 0 spiro atoms. The zero-order chi connectivity index (χ0) is 14.0. The van der Waals surface area contributed by atoms with Gasteiger partial charge in [-0.25, -0.2) is 4.98 Å². The average molecular weight is 302 g/mol. The lowest BCUT2D eigenvalue weighted by molar-refractivity contribution is 0.399. The lowest BCUT2D eigenvalue weighted by Crippen LogP contribution is -2.19. The summed E-state index contributed by atoms with van der Waals surface area (Å²) in [6.07, 6.45) is 1.69. The molecule has 2 unspecified atom stereocenters. The first-order valence-electron chi connectivity index (χ1n) is 5.85. The first-order chi connectivity index (χ1) is 9.06. The lowest BCUT2D eigenvalue weighted by Gasteiger charge is -2.12. The zero-order valence-electron chi connectivity index (χ0n) is 11.1. The summed E-state index contributed by atoms with van der Waals surface area (Å²) in [5, 5.41) is 0.00682. The summed E-state index contributed by atoms with van der Waals surface area (Å²) in [6, 6.07) is 3.61. The highest BCUT2D eigenvalue weighted by molar-refractivity contribution is 7.84. The third-order valence-corrected chi connectivity index (χ3v) is 4.50. The molecule has 0 saturated heterocycles. The molecule has 19 heavy (non-hydrogen) atoms. The minimum atomic E-state index is -0.906. The van der Waals surface area contributed by atoms with Gasteiger partial charge in [-0.3, -0.25) is 4.21 Å². The fraction of sp³-hybridized carbons (Fsp3) is 0.500. The van der Waals surface area contributed by atoms with E-state index in [-0.39, 0.29) is 5.25 Å². The second kappa shape index (κ2) is 5.88. The highest BCUT2D eigenvalue weighted by Crippen LogP contribution is 2.20. The van der Waals surface area contributed by atoms with Crippen LogP contribution in [0.3, 0.4) is 0 Å². The van der Waals surface area contributed by atoms with Crippen molar-refractivity contribution in [2.24, 2.45) is 0 Å². The van der Waals surface area contributed by atoms with Crippen LogP contribution in [0.1, 0.15) is 12.7 Å². The van der Waals surface area contributed by atoms with Gasteiger partial charge in [-0.1, -0.05) is 0 Å². The topological polar surface area (TPSA) is 57.0 Å². The molecule has 2 aromatic heterocycles. The predicted molar refractivity (Wildman–Crippen MR) is 77.2 cm³/mol. The maximum Gasteiger partial charge on any atom is 0.215 e. The normalized spacial score (nSPS) is 14.5. The molecule has 2 rings (SSSR count). The highest BCUT2D eigenvalue weighted by Gasteiger charge is 2.16. The molecule has 0 saturated carbocycles. The van der Waals surface area contributed by atoms with E-state index in [1.165, 1.54) is 0 Å². The van der Waals surface area contributed by atoms with Crippen molar-refractivity contribution in [1.82, 2.24) is 14.5 Å². The summed E-state index contributed by atoms with van der Waals surface area (Å²) in [4.78, 5) is 8.83. The van der Waals surface area contributed by atoms with Gasteiger partial charge in [0.25, 0.3) is 0 Å². The number of fused-ring (bicyclic) bond motifs is 1. The Bertz CT molecular complexity index is 614. The molecule has 5 nitrogen and oxygen atoms in total. The molecule has 0 radical (unpaired) electrons. The van der Waals surface area contributed by atoms with Crippen LogP contribution in [0, 0.1) is 0 Å². The summed E-state index contributed by atoms with van der Waals surface area (Å²) in [5.74, 6) is 1.55. The Balaban J connectivity index is 2.51. The molecule has 0 fully saturated rings. The Hall–Kier alpha value is -1.14. The largest absolute Gasteiger partial charge is 0.481 e. The second-order valence-electron chi connectivity index (χ2n) is 4.28. The van der Waals surface area contributed by atoms with Gasteiger partial charge >= 0.3 is 0 Å². The van der Waals surface area contributed by atoms with E-state index in [0.29, 0.717) is 24.0 Å². The number of ether oxygens (including phenoxy) is 1. The van der Waals surface area contributed by atoms with Crippen LogP contribution < -0.4 is 4.74 Å². The SMILES string of the molecule is COc1ccc2nc(CCl)n(CC(C)S(C)=O)c2n1. The van der Waals surface area contributed by atoms with Crippen molar-refractivity contribution in [1.29, 1.82) is 0 Å². The maximum atomic E-state index is 11.5. The van der Waals surface area contributed by atoms with Gasteiger partial charge in [-0.05, 0) is 13.0 Å². The van der Waals surface area contributed by atoms with Gasteiger partial charge in [0.1, 0.15) is 11.3 Å². The highest BCUT2D eigenvalue weighted by atomic mass is 35.5. The van der Waals surface area contributed by atoms with E-state index in [1.54, 1.807) is 19.4 Å². The quantitative estimate of drug-likeness (QED) is 0.792. The monoisotopic (exact) mass is 301 g/mol. The van der Waals surface area contributed by atoms with E-state index >= 15 is 0 Å². The van der Waals surface area contributed by atoms with E-state index < -0.39 is 10.8 Å². The summed E-state index contributed by atoms with van der Waals surface area (Å²) in [7, 11) is 0.665. The fourth-order valence-corrected chi connectivity index (χ4v) is 2.36. The molecule has 7 heteroatoms. The third-order valence-electron chi connectivity index (χ3n) is 2.98. The van der Waals surface area contributed by atoms with Crippen LogP contribution in [-0.2, 0) is 23.2 Å². The van der Waals surface area contributed by atoms with Gasteiger partial charge in [0.05, 0.1) is 13.0 Å². The van der Waals surface area contributed by atoms with Crippen molar-refractivity contribution in [2.75, 3.05) is 13.4 Å². The summed E-state index contributed by atoms with van der Waals surface area (Å²) >= 11 is 5.92. The van der Waals surface area contributed by atoms with Gasteiger partial charge < -0.3 is 9.30 Å². The van der Waals surface area contributed by atoms with Crippen molar-refractivity contribution in [2.45, 2.75) is 24.6 Å². The molecule has 2 heterocycles. The Morgan fingerprint density at radius 1 is 1.47 bits per heavy atom. The van der Waals surface area contributed by atoms with Crippen LogP contribution >= 0.6 is 11.6 Å². The molecule has 0 N–H and O–H groups in total. The summed E-state index contributed by atoms with van der Waals surface area (Å²) in [5.41, 5.74) is 1.48. The summed E-state index contributed by atoms with van der Waals surface area (Å²) < 4.78 is 18.6. The average Bonchev–Trinajstić information content (AvgIpc) is 2.75. The standard InChI is InChI=1S/C12H16ClN3O2S/c1-8(19(3)17)7-16-10(6-13)14-9-4-5-11(18-2)15-12(9)16/h4-5,8H,6-7H2,1-3H3. The Morgan fingerprint density at radius 2 is 2.21 bits per heavy atom. The number of hydrogen-bond acceptors (Lipinski definition) is 4. The van der Waals surface area contributed by atoms with Crippen molar-refractivity contribution in [3.05, 3.63) is 18.0 Å².